The Balaban J connectivity index is 2.88. The molecule has 0 aromatic carbocycles. The van der Waals surface area contributed by atoms with Gasteiger partial charge in [-0.3, -0.25) is 4.79 Å². The minimum atomic E-state index is -5.56. The van der Waals surface area contributed by atoms with Crippen LogP contribution in [0.3, 0.4) is 0 Å². The number of primary amides is 1. The van der Waals surface area contributed by atoms with Crippen LogP contribution in [0.15, 0.2) is 0 Å². The number of hydrogen-bond donors (Lipinski definition) is 2. The first-order chi connectivity index (χ1) is 9.42. The van der Waals surface area contributed by atoms with Crippen LogP contribution in [0.25, 0.3) is 0 Å². The van der Waals surface area contributed by atoms with Gasteiger partial charge in [0.1, 0.15) is 0 Å². The molecule has 1 aliphatic carbocycles. The highest BCUT2D eigenvalue weighted by atomic mass is 19.4. The highest BCUT2D eigenvalue weighted by Gasteiger charge is 2.59. The molecule has 3 N–H and O–H groups in total. The molecule has 124 valence electrons. The van der Waals surface area contributed by atoms with Crippen molar-refractivity contribution in [2.24, 2.45) is 5.73 Å². The molecule has 10 heteroatoms. The van der Waals surface area contributed by atoms with Crippen LogP contribution in [-0.4, -0.2) is 43.1 Å². The highest BCUT2D eigenvalue weighted by molar-refractivity contribution is 5.84. The Labute approximate surface area is 117 Å². The van der Waals surface area contributed by atoms with Crippen molar-refractivity contribution in [2.45, 2.75) is 55.8 Å². The van der Waals surface area contributed by atoms with Crippen LogP contribution in [0.1, 0.15) is 25.7 Å². The van der Waals surface area contributed by atoms with Crippen LogP contribution in [0.4, 0.5) is 26.3 Å². The van der Waals surface area contributed by atoms with Gasteiger partial charge in [-0.2, -0.15) is 26.3 Å². The number of ether oxygens (including phenoxy) is 1. The van der Waals surface area contributed by atoms with E-state index in [4.69, 9.17) is 5.73 Å². The van der Waals surface area contributed by atoms with Crippen LogP contribution >= 0.6 is 0 Å². The predicted molar refractivity (Wildman–Crippen MR) is 60.2 cm³/mol. The van der Waals surface area contributed by atoms with Gasteiger partial charge < -0.3 is 15.8 Å². The van der Waals surface area contributed by atoms with E-state index in [1.165, 1.54) is 7.05 Å². The average Bonchev–Trinajstić information content (AvgIpc) is 2.33. The van der Waals surface area contributed by atoms with Crippen LogP contribution in [0.5, 0.6) is 0 Å². The maximum absolute atomic E-state index is 12.5. The zero-order valence-electron chi connectivity index (χ0n) is 11.1. The Morgan fingerprint density at radius 3 is 2.19 bits per heavy atom. The Kier molecular flexibility index (Phi) is 5.14. The van der Waals surface area contributed by atoms with Crippen molar-refractivity contribution in [3.63, 3.8) is 0 Å². The van der Waals surface area contributed by atoms with Crippen molar-refractivity contribution in [3.05, 3.63) is 0 Å². The van der Waals surface area contributed by atoms with E-state index >= 15 is 0 Å². The van der Waals surface area contributed by atoms with Crippen molar-refractivity contribution < 1.29 is 35.9 Å². The summed E-state index contributed by atoms with van der Waals surface area (Å²) in [5, 5.41) is 2.58. The standard InChI is InChI=1S/C11H16F6N2O2/c1-19-9(8(18)20)4-2-3-6(5-9)21-7(10(12,13)14)11(15,16)17/h6-7,19H,2-5H2,1H3,(H2,18,20). The van der Waals surface area contributed by atoms with E-state index in [0.29, 0.717) is 0 Å². The van der Waals surface area contributed by atoms with Gasteiger partial charge in [-0.25, -0.2) is 0 Å². The van der Waals surface area contributed by atoms with E-state index in [0.717, 1.165) is 0 Å². The van der Waals surface area contributed by atoms with Gasteiger partial charge in [0.05, 0.1) is 11.6 Å². The Hall–Kier alpha value is -1.03. The second-order valence-electron chi connectivity index (χ2n) is 5.01. The molecule has 1 saturated carbocycles. The molecule has 0 spiro atoms. The molecule has 0 bridgehead atoms. The molecule has 0 heterocycles. The molecule has 1 aliphatic rings. The van der Waals surface area contributed by atoms with Gasteiger partial charge in [0, 0.05) is 6.42 Å². The lowest BCUT2D eigenvalue weighted by Crippen LogP contribution is -2.58. The summed E-state index contributed by atoms with van der Waals surface area (Å²) >= 11 is 0. The molecule has 1 fully saturated rings. The molecule has 0 aromatic heterocycles. The minimum absolute atomic E-state index is 0.000625. The predicted octanol–water partition coefficient (Wildman–Crippen LogP) is 1.88. The number of likely N-dealkylation sites (N-methyl/N-ethyl adjacent to an activating group) is 1. The van der Waals surface area contributed by atoms with Crippen molar-refractivity contribution in [1.82, 2.24) is 5.32 Å². The third-order valence-electron chi connectivity index (χ3n) is 3.58. The highest BCUT2D eigenvalue weighted by Crippen LogP contribution is 2.39. The Morgan fingerprint density at radius 1 is 1.29 bits per heavy atom. The molecule has 2 unspecified atom stereocenters. The largest absolute Gasteiger partial charge is 0.423 e. The van der Waals surface area contributed by atoms with Crippen molar-refractivity contribution in [1.29, 1.82) is 0 Å². The number of rotatable bonds is 4. The van der Waals surface area contributed by atoms with Crippen molar-refractivity contribution in [3.8, 4) is 0 Å². The maximum atomic E-state index is 12.5. The Bertz CT molecular complexity index is 370. The fraction of sp³-hybridized carbons (Fsp3) is 0.909. The lowest BCUT2D eigenvalue weighted by Gasteiger charge is -2.39. The van der Waals surface area contributed by atoms with E-state index in [1.807, 2.05) is 0 Å². The summed E-state index contributed by atoms with van der Waals surface area (Å²) in [6.07, 6.45) is -16.2. The summed E-state index contributed by atoms with van der Waals surface area (Å²) in [5.41, 5.74) is 3.83. The molecular weight excluding hydrogens is 306 g/mol. The second kappa shape index (κ2) is 5.99. The molecule has 2 atom stereocenters. The average molecular weight is 322 g/mol. The number of carbonyl (C=O) groups is 1. The third-order valence-corrected chi connectivity index (χ3v) is 3.58. The second-order valence-corrected chi connectivity index (χ2v) is 5.01. The Morgan fingerprint density at radius 2 is 1.81 bits per heavy atom. The molecular formula is C11H16F6N2O2. The smallest absolute Gasteiger partial charge is 0.368 e. The van der Waals surface area contributed by atoms with Crippen LogP contribution in [0.2, 0.25) is 0 Å². The summed E-state index contributed by atoms with van der Waals surface area (Å²) < 4.78 is 78.9. The first-order valence-corrected chi connectivity index (χ1v) is 6.20. The summed E-state index contributed by atoms with van der Waals surface area (Å²) in [5.74, 6) is -0.825. The number of amides is 1. The monoisotopic (exact) mass is 322 g/mol. The molecule has 1 amide bonds. The van der Waals surface area contributed by atoms with E-state index < -0.39 is 36.0 Å². The van der Waals surface area contributed by atoms with Crippen LogP contribution in [-0.2, 0) is 9.53 Å². The fourth-order valence-electron chi connectivity index (χ4n) is 2.45. The number of halogens is 6. The molecule has 4 nitrogen and oxygen atoms in total. The first-order valence-electron chi connectivity index (χ1n) is 6.20. The number of carbonyl (C=O) groups excluding carboxylic acids is 1. The summed E-state index contributed by atoms with van der Waals surface area (Å²) in [7, 11) is 1.37. The zero-order chi connectivity index (χ0) is 16.5. The summed E-state index contributed by atoms with van der Waals surface area (Å²) in [6, 6.07) is 0. The van der Waals surface area contributed by atoms with Gasteiger partial charge in [0.2, 0.25) is 12.0 Å². The summed E-state index contributed by atoms with van der Waals surface area (Å²) in [6.45, 7) is 0. The molecule has 1 rings (SSSR count). The van der Waals surface area contributed by atoms with Crippen molar-refractivity contribution >= 4 is 5.91 Å². The van der Waals surface area contributed by atoms with Gasteiger partial charge in [0.25, 0.3) is 0 Å². The summed E-state index contributed by atoms with van der Waals surface area (Å²) in [4.78, 5) is 11.4. The lowest BCUT2D eigenvalue weighted by atomic mass is 9.79. The quantitative estimate of drug-likeness (QED) is 0.777. The number of nitrogens with two attached hydrogens (primary N) is 1. The van der Waals surface area contributed by atoms with Crippen LogP contribution in [0, 0.1) is 0 Å². The number of nitrogens with one attached hydrogen (secondary N) is 1. The normalized spacial score (nSPS) is 27.9. The molecule has 21 heavy (non-hydrogen) atoms. The van der Waals surface area contributed by atoms with E-state index in [2.05, 4.69) is 10.1 Å². The first kappa shape index (κ1) is 18.0. The van der Waals surface area contributed by atoms with Crippen molar-refractivity contribution in [2.75, 3.05) is 7.05 Å². The molecule has 0 aliphatic heterocycles. The maximum Gasteiger partial charge on any atom is 0.423 e. The van der Waals surface area contributed by atoms with Gasteiger partial charge in [-0.1, -0.05) is 0 Å². The van der Waals surface area contributed by atoms with E-state index in [1.54, 1.807) is 0 Å². The lowest BCUT2D eigenvalue weighted by molar-refractivity contribution is -0.333. The molecule has 0 saturated heterocycles. The van der Waals surface area contributed by atoms with E-state index in [-0.39, 0.29) is 25.7 Å². The van der Waals surface area contributed by atoms with E-state index in [9.17, 15) is 31.1 Å². The topological polar surface area (TPSA) is 64.3 Å². The fourth-order valence-corrected chi connectivity index (χ4v) is 2.45. The van der Waals surface area contributed by atoms with Gasteiger partial charge >= 0.3 is 12.4 Å². The van der Waals surface area contributed by atoms with Gasteiger partial charge in [0.15, 0.2) is 0 Å². The minimum Gasteiger partial charge on any atom is -0.368 e. The van der Waals surface area contributed by atoms with Gasteiger partial charge in [-0.15, -0.1) is 0 Å². The zero-order valence-corrected chi connectivity index (χ0v) is 11.1. The molecule has 0 radical (unpaired) electrons. The van der Waals surface area contributed by atoms with Gasteiger partial charge in [-0.05, 0) is 26.3 Å². The number of hydrogen-bond acceptors (Lipinski definition) is 3. The third kappa shape index (κ3) is 4.22. The SMILES string of the molecule is CNC1(C(N)=O)CCCC(OC(C(F)(F)F)C(F)(F)F)C1. The van der Waals surface area contributed by atoms with Crippen LogP contribution < -0.4 is 11.1 Å². The molecule has 0 aromatic rings. The number of alkyl halides is 6.